The number of nitrogens with zero attached hydrogens (tertiary/aromatic N) is 1. The number of hydrogen-bond acceptors (Lipinski definition) is 4. The summed E-state index contributed by atoms with van der Waals surface area (Å²) in [7, 11) is 0. The van der Waals surface area contributed by atoms with Gasteiger partial charge in [-0.15, -0.1) is 0 Å². The van der Waals surface area contributed by atoms with Crippen molar-refractivity contribution in [1.82, 2.24) is 0 Å². The Morgan fingerprint density at radius 2 is 2.00 bits per heavy atom. The van der Waals surface area contributed by atoms with E-state index in [4.69, 9.17) is 20.8 Å². The first kappa shape index (κ1) is 13.1. The Balaban J connectivity index is 1.97. The lowest BCUT2D eigenvalue weighted by Gasteiger charge is -2.00. The predicted molar refractivity (Wildman–Crippen MR) is 78.5 cm³/mol. The Labute approximate surface area is 127 Å². The van der Waals surface area contributed by atoms with E-state index >= 15 is 0 Å². The van der Waals surface area contributed by atoms with Crippen LogP contribution in [-0.4, -0.2) is 11.9 Å². The van der Waals surface area contributed by atoms with E-state index in [-0.39, 0.29) is 11.6 Å². The number of cyclic esters (lactones) is 1. The number of hydrogen-bond donors (Lipinski definition) is 0. The first-order valence-corrected chi connectivity index (χ1v) is 6.83. The molecule has 0 atom stereocenters. The minimum Gasteiger partial charge on any atom is -0.450 e. The summed E-state index contributed by atoms with van der Waals surface area (Å²) in [5.41, 5.74) is 0.744. The van der Waals surface area contributed by atoms with Crippen molar-refractivity contribution in [3.8, 4) is 0 Å². The second-order valence-corrected chi connectivity index (χ2v) is 5.15. The highest BCUT2D eigenvalue weighted by Crippen LogP contribution is 2.24. The van der Waals surface area contributed by atoms with Gasteiger partial charge in [0.05, 0.1) is 10.6 Å². The fourth-order valence-corrected chi connectivity index (χ4v) is 2.24. The number of halogens is 2. The summed E-state index contributed by atoms with van der Waals surface area (Å²) in [6.07, 6.45) is 1.51. The normalized spacial score (nSPS) is 16.4. The van der Waals surface area contributed by atoms with Crippen LogP contribution in [0.25, 0.3) is 6.08 Å². The Hall–Kier alpha value is -1.85. The number of esters is 1. The molecular weight excluding hydrogens is 346 g/mol. The van der Waals surface area contributed by atoms with Crippen LogP contribution in [0, 0.1) is 0 Å². The van der Waals surface area contributed by atoms with E-state index < -0.39 is 5.97 Å². The largest absolute Gasteiger partial charge is 0.450 e. The second kappa shape index (κ2) is 5.26. The van der Waals surface area contributed by atoms with Crippen molar-refractivity contribution in [2.45, 2.75) is 0 Å². The topological polar surface area (TPSA) is 51.8 Å². The van der Waals surface area contributed by atoms with E-state index in [2.05, 4.69) is 20.9 Å². The molecule has 2 heterocycles. The Morgan fingerprint density at radius 3 is 2.70 bits per heavy atom. The molecule has 0 spiro atoms. The van der Waals surface area contributed by atoms with Crippen LogP contribution in [0.3, 0.4) is 0 Å². The lowest BCUT2D eigenvalue weighted by atomic mass is 10.2. The van der Waals surface area contributed by atoms with E-state index in [1.165, 1.54) is 6.08 Å². The Kier molecular flexibility index (Phi) is 3.46. The van der Waals surface area contributed by atoms with Crippen LogP contribution < -0.4 is 0 Å². The number of benzene rings is 1. The van der Waals surface area contributed by atoms with Crippen molar-refractivity contribution in [2.75, 3.05) is 0 Å². The zero-order valence-corrected chi connectivity index (χ0v) is 12.3. The highest BCUT2D eigenvalue weighted by molar-refractivity contribution is 9.10. The van der Waals surface area contributed by atoms with Gasteiger partial charge in [-0.1, -0.05) is 23.7 Å². The molecule has 2 aromatic rings. The number of ether oxygens (including phenoxy) is 1. The third-order valence-corrected chi connectivity index (χ3v) is 3.35. The van der Waals surface area contributed by atoms with Crippen LogP contribution in [-0.2, 0) is 9.53 Å². The molecule has 1 aromatic carbocycles. The van der Waals surface area contributed by atoms with E-state index in [1.54, 1.807) is 36.4 Å². The highest BCUT2D eigenvalue weighted by atomic mass is 79.9. The number of carbonyl (C=O) groups excluding carboxylic acids is 1. The summed E-state index contributed by atoms with van der Waals surface area (Å²) in [5.74, 6) is 0.165. The smallest absolute Gasteiger partial charge is 0.363 e. The average Bonchev–Trinajstić information content (AvgIpc) is 2.98. The number of furan rings is 1. The van der Waals surface area contributed by atoms with Gasteiger partial charge >= 0.3 is 5.97 Å². The van der Waals surface area contributed by atoms with Crippen molar-refractivity contribution >= 4 is 45.5 Å². The minimum atomic E-state index is -0.535. The molecule has 0 aliphatic carbocycles. The summed E-state index contributed by atoms with van der Waals surface area (Å²) in [4.78, 5) is 15.9. The fourth-order valence-electron chi connectivity index (χ4n) is 1.70. The maximum absolute atomic E-state index is 11.8. The van der Waals surface area contributed by atoms with Crippen molar-refractivity contribution < 1.29 is 13.9 Å². The SMILES string of the molecule is O=C1OC(c2ccccc2Cl)=NC1=Cc1ccc(Br)o1. The molecule has 3 rings (SSSR count). The standard InChI is InChI=1S/C14H7BrClNO3/c15-12-6-5-8(19-12)7-11-14(18)20-13(17-11)9-3-1-2-4-10(9)16/h1-7H. The monoisotopic (exact) mass is 351 g/mol. The number of carbonyl (C=O) groups is 1. The molecule has 0 bridgehead atoms. The summed E-state index contributed by atoms with van der Waals surface area (Å²) < 4.78 is 11.0. The highest BCUT2D eigenvalue weighted by Gasteiger charge is 2.25. The molecule has 4 nitrogen and oxygen atoms in total. The average molecular weight is 353 g/mol. The molecule has 0 fully saturated rings. The van der Waals surface area contributed by atoms with Crippen LogP contribution in [0.1, 0.15) is 11.3 Å². The van der Waals surface area contributed by atoms with Gasteiger partial charge in [0.1, 0.15) is 5.76 Å². The molecule has 0 saturated heterocycles. The molecule has 1 aliphatic rings. The van der Waals surface area contributed by atoms with Crippen LogP contribution in [0.5, 0.6) is 0 Å². The van der Waals surface area contributed by atoms with Gasteiger partial charge in [0.25, 0.3) is 0 Å². The van der Waals surface area contributed by atoms with Crippen molar-refractivity contribution in [1.29, 1.82) is 0 Å². The van der Waals surface area contributed by atoms with Crippen molar-refractivity contribution in [3.05, 3.63) is 63.1 Å². The van der Waals surface area contributed by atoms with Gasteiger partial charge < -0.3 is 9.15 Å². The summed E-state index contributed by atoms with van der Waals surface area (Å²) >= 11 is 9.24. The molecule has 6 heteroatoms. The molecule has 0 N–H and O–H groups in total. The zero-order valence-electron chi connectivity index (χ0n) is 9.97. The Bertz CT molecular complexity index is 748. The maximum Gasteiger partial charge on any atom is 0.363 e. The molecule has 20 heavy (non-hydrogen) atoms. The summed E-state index contributed by atoms with van der Waals surface area (Å²) in [6.45, 7) is 0. The molecule has 0 saturated carbocycles. The summed E-state index contributed by atoms with van der Waals surface area (Å²) in [5, 5.41) is 0.473. The van der Waals surface area contributed by atoms with Crippen molar-refractivity contribution in [3.63, 3.8) is 0 Å². The second-order valence-electron chi connectivity index (χ2n) is 3.96. The van der Waals surface area contributed by atoms with Gasteiger partial charge in [0, 0.05) is 6.08 Å². The molecular formula is C14H7BrClNO3. The maximum atomic E-state index is 11.8. The molecule has 100 valence electrons. The zero-order chi connectivity index (χ0) is 14.1. The van der Waals surface area contributed by atoms with Crippen LogP contribution in [0.15, 0.2) is 56.2 Å². The number of rotatable bonds is 2. The minimum absolute atomic E-state index is 0.168. The lowest BCUT2D eigenvalue weighted by Crippen LogP contribution is -2.05. The van der Waals surface area contributed by atoms with Crippen molar-refractivity contribution in [2.24, 2.45) is 4.99 Å². The van der Waals surface area contributed by atoms with Gasteiger partial charge in [-0.25, -0.2) is 9.79 Å². The van der Waals surface area contributed by atoms with Crippen LogP contribution >= 0.6 is 27.5 Å². The molecule has 0 radical (unpaired) electrons. The van der Waals surface area contributed by atoms with Gasteiger partial charge in [-0.05, 0) is 40.2 Å². The first-order valence-electron chi connectivity index (χ1n) is 5.66. The van der Waals surface area contributed by atoms with Crippen LogP contribution in [0.2, 0.25) is 5.02 Å². The van der Waals surface area contributed by atoms with Gasteiger partial charge in [-0.2, -0.15) is 0 Å². The van der Waals surface area contributed by atoms with Gasteiger partial charge in [0.2, 0.25) is 5.90 Å². The first-order chi connectivity index (χ1) is 9.63. The van der Waals surface area contributed by atoms with E-state index in [0.717, 1.165) is 0 Å². The third kappa shape index (κ3) is 2.55. The predicted octanol–water partition coefficient (Wildman–Crippen LogP) is 4.04. The van der Waals surface area contributed by atoms with Gasteiger partial charge in [0.15, 0.2) is 10.4 Å². The molecule has 0 unspecified atom stereocenters. The van der Waals surface area contributed by atoms with E-state index in [1.807, 2.05) is 0 Å². The van der Waals surface area contributed by atoms with Crippen LogP contribution in [0.4, 0.5) is 0 Å². The van der Waals surface area contributed by atoms with E-state index in [0.29, 0.717) is 21.0 Å². The molecule has 1 aromatic heterocycles. The lowest BCUT2D eigenvalue weighted by molar-refractivity contribution is -0.129. The quantitative estimate of drug-likeness (QED) is 0.605. The molecule has 0 amide bonds. The summed E-state index contributed by atoms with van der Waals surface area (Å²) in [6, 6.07) is 10.5. The number of aliphatic imine (C=N–C) groups is 1. The van der Waals surface area contributed by atoms with E-state index in [9.17, 15) is 4.79 Å². The van der Waals surface area contributed by atoms with Gasteiger partial charge in [-0.3, -0.25) is 0 Å². The Morgan fingerprint density at radius 1 is 1.20 bits per heavy atom. The fraction of sp³-hybridized carbons (Fsp3) is 0. The molecule has 1 aliphatic heterocycles. The third-order valence-electron chi connectivity index (χ3n) is 2.60.